The Morgan fingerprint density at radius 2 is 2.10 bits per heavy atom. The highest BCUT2D eigenvalue weighted by molar-refractivity contribution is 5.93. The molecule has 0 aromatic carbocycles. The lowest BCUT2D eigenvalue weighted by molar-refractivity contribution is 0.0796. The Kier molecular flexibility index (Phi) is 5.04. The first-order valence-electron chi connectivity index (χ1n) is 7.18. The fourth-order valence-corrected chi connectivity index (χ4v) is 2.04. The molecule has 2 aromatic heterocycles. The monoisotopic (exact) mass is 283 g/mol. The van der Waals surface area contributed by atoms with Gasteiger partial charge in [-0.25, -0.2) is 0 Å². The van der Waals surface area contributed by atoms with Crippen molar-refractivity contribution in [1.82, 2.24) is 14.9 Å². The third-order valence-corrected chi connectivity index (χ3v) is 3.45. The Labute approximate surface area is 125 Å². The molecule has 4 heteroatoms. The van der Waals surface area contributed by atoms with Gasteiger partial charge < -0.3 is 4.90 Å². The van der Waals surface area contributed by atoms with E-state index in [9.17, 15) is 4.79 Å². The Bertz CT molecular complexity index is 596. The van der Waals surface area contributed by atoms with Crippen molar-refractivity contribution in [3.8, 4) is 0 Å². The maximum atomic E-state index is 12.4. The van der Waals surface area contributed by atoms with E-state index in [4.69, 9.17) is 0 Å². The molecule has 2 aromatic rings. The highest BCUT2D eigenvalue weighted by Gasteiger charge is 2.13. The molecular formula is C17H21N3O. The van der Waals surface area contributed by atoms with E-state index in [2.05, 4.69) is 23.8 Å². The molecule has 0 atom stereocenters. The topological polar surface area (TPSA) is 46.1 Å². The Hall–Kier alpha value is -2.23. The maximum absolute atomic E-state index is 12.4. The summed E-state index contributed by atoms with van der Waals surface area (Å²) in [5, 5.41) is 0. The van der Waals surface area contributed by atoms with Crippen LogP contribution in [0.25, 0.3) is 0 Å². The average Bonchev–Trinajstić information content (AvgIpc) is 2.53. The van der Waals surface area contributed by atoms with Crippen molar-refractivity contribution in [2.24, 2.45) is 0 Å². The number of rotatable bonds is 5. The maximum Gasteiger partial charge on any atom is 0.255 e. The molecule has 0 bridgehead atoms. The molecule has 110 valence electrons. The fraction of sp³-hybridized carbons (Fsp3) is 0.353. The number of likely N-dealkylation sites (N-methyl/N-ethyl adjacent to an activating group) is 1. The van der Waals surface area contributed by atoms with Gasteiger partial charge in [-0.05, 0) is 29.7 Å². The minimum atomic E-state index is 0.000862. The average molecular weight is 283 g/mol. The van der Waals surface area contributed by atoms with Crippen molar-refractivity contribution in [1.29, 1.82) is 0 Å². The highest BCUT2D eigenvalue weighted by Crippen LogP contribution is 2.15. The molecule has 0 unspecified atom stereocenters. The van der Waals surface area contributed by atoms with Gasteiger partial charge in [-0.15, -0.1) is 0 Å². The summed E-state index contributed by atoms with van der Waals surface area (Å²) in [6.45, 7) is 4.83. The predicted octanol–water partition coefficient (Wildman–Crippen LogP) is 2.91. The highest BCUT2D eigenvalue weighted by atomic mass is 16.2. The van der Waals surface area contributed by atoms with E-state index in [1.807, 2.05) is 37.5 Å². The van der Waals surface area contributed by atoms with Crippen molar-refractivity contribution in [2.45, 2.75) is 26.2 Å². The number of hydrogen-bond acceptors (Lipinski definition) is 3. The summed E-state index contributed by atoms with van der Waals surface area (Å²) in [6.07, 6.45) is 5.97. The van der Waals surface area contributed by atoms with Crippen LogP contribution in [0.5, 0.6) is 0 Å². The summed E-state index contributed by atoms with van der Waals surface area (Å²) in [4.78, 5) is 22.6. The second-order valence-corrected chi connectivity index (χ2v) is 5.46. The normalized spacial score (nSPS) is 10.7. The van der Waals surface area contributed by atoms with Gasteiger partial charge in [0.05, 0.1) is 5.56 Å². The number of carbonyl (C=O) groups is 1. The van der Waals surface area contributed by atoms with Crippen LogP contribution in [0.4, 0.5) is 0 Å². The van der Waals surface area contributed by atoms with Gasteiger partial charge >= 0.3 is 0 Å². The molecule has 0 spiro atoms. The molecule has 0 fully saturated rings. The van der Waals surface area contributed by atoms with Crippen LogP contribution in [-0.4, -0.2) is 34.4 Å². The van der Waals surface area contributed by atoms with Gasteiger partial charge in [0, 0.05) is 44.3 Å². The molecule has 0 aliphatic rings. The van der Waals surface area contributed by atoms with Crippen LogP contribution in [0.15, 0.2) is 42.9 Å². The quantitative estimate of drug-likeness (QED) is 0.847. The lowest BCUT2D eigenvalue weighted by atomic mass is 10.0. The summed E-state index contributed by atoms with van der Waals surface area (Å²) in [7, 11) is 1.81. The van der Waals surface area contributed by atoms with Crippen LogP contribution >= 0.6 is 0 Å². The van der Waals surface area contributed by atoms with Crippen molar-refractivity contribution in [3.05, 3.63) is 59.7 Å². The molecule has 0 saturated carbocycles. The van der Waals surface area contributed by atoms with Crippen molar-refractivity contribution >= 4 is 5.91 Å². The smallest absolute Gasteiger partial charge is 0.255 e. The van der Waals surface area contributed by atoms with E-state index in [-0.39, 0.29) is 5.91 Å². The van der Waals surface area contributed by atoms with Gasteiger partial charge in [-0.1, -0.05) is 19.9 Å². The van der Waals surface area contributed by atoms with E-state index in [0.717, 1.165) is 17.7 Å². The standard InChI is InChI=1S/C17H21N3O/c1-13(2)14-10-15(12-18-11-14)17(21)20(3)9-7-16-6-4-5-8-19-16/h4-6,8,10-13H,7,9H2,1-3H3. The molecule has 2 heterocycles. The van der Waals surface area contributed by atoms with E-state index < -0.39 is 0 Å². The molecule has 0 saturated heterocycles. The first kappa shape index (κ1) is 15.2. The summed E-state index contributed by atoms with van der Waals surface area (Å²) >= 11 is 0. The second kappa shape index (κ2) is 6.97. The van der Waals surface area contributed by atoms with Crippen LogP contribution in [-0.2, 0) is 6.42 Å². The predicted molar refractivity (Wildman–Crippen MR) is 83.2 cm³/mol. The van der Waals surface area contributed by atoms with E-state index >= 15 is 0 Å². The summed E-state index contributed by atoms with van der Waals surface area (Å²) in [5.74, 6) is 0.366. The molecule has 0 aliphatic heterocycles. The van der Waals surface area contributed by atoms with Crippen LogP contribution in [0, 0.1) is 0 Å². The van der Waals surface area contributed by atoms with Crippen LogP contribution in [0.2, 0.25) is 0 Å². The fourth-order valence-electron chi connectivity index (χ4n) is 2.04. The number of amides is 1. The first-order chi connectivity index (χ1) is 10.1. The molecule has 2 rings (SSSR count). The van der Waals surface area contributed by atoms with Gasteiger partial charge in [-0.3, -0.25) is 14.8 Å². The molecule has 21 heavy (non-hydrogen) atoms. The number of pyridine rings is 2. The van der Waals surface area contributed by atoms with Crippen molar-refractivity contribution in [2.75, 3.05) is 13.6 Å². The van der Waals surface area contributed by atoms with Gasteiger partial charge in [0.15, 0.2) is 0 Å². The number of aromatic nitrogens is 2. The Morgan fingerprint density at radius 1 is 1.29 bits per heavy atom. The second-order valence-electron chi connectivity index (χ2n) is 5.46. The zero-order valence-corrected chi connectivity index (χ0v) is 12.8. The van der Waals surface area contributed by atoms with Crippen LogP contribution < -0.4 is 0 Å². The molecule has 4 nitrogen and oxygen atoms in total. The van der Waals surface area contributed by atoms with Gasteiger partial charge in [-0.2, -0.15) is 0 Å². The first-order valence-corrected chi connectivity index (χ1v) is 7.18. The minimum Gasteiger partial charge on any atom is -0.341 e. The van der Waals surface area contributed by atoms with Gasteiger partial charge in [0.2, 0.25) is 0 Å². The zero-order valence-electron chi connectivity index (χ0n) is 12.8. The molecule has 0 radical (unpaired) electrons. The van der Waals surface area contributed by atoms with Crippen LogP contribution in [0.1, 0.15) is 41.4 Å². The molecule has 0 N–H and O–H groups in total. The summed E-state index contributed by atoms with van der Waals surface area (Å²) in [6, 6.07) is 7.75. The molecular weight excluding hydrogens is 262 g/mol. The third kappa shape index (κ3) is 4.12. The largest absolute Gasteiger partial charge is 0.341 e. The van der Waals surface area contributed by atoms with Crippen molar-refractivity contribution in [3.63, 3.8) is 0 Å². The minimum absolute atomic E-state index is 0.000862. The van der Waals surface area contributed by atoms with Gasteiger partial charge in [0.1, 0.15) is 0 Å². The third-order valence-electron chi connectivity index (χ3n) is 3.45. The van der Waals surface area contributed by atoms with Gasteiger partial charge in [0.25, 0.3) is 5.91 Å². The summed E-state index contributed by atoms with van der Waals surface area (Å²) in [5.41, 5.74) is 2.72. The lowest BCUT2D eigenvalue weighted by Crippen LogP contribution is -2.29. The number of carbonyl (C=O) groups excluding carboxylic acids is 1. The van der Waals surface area contributed by atoms with Crippen LogP contribution in [0.3, 0.4) is 0 Å². The van der Waals surface area contributed by atoms with E-state index in [0.29, 0.717) is 18.0 Å². The van der Waals surface area contributed by atoms with E-state index in [1.54, 1.807) is 17.3 Å². The molecule has 0 aliphatic carbocycles. The Balaban J connectivity index is 2.00. The number of nitrogens with zero attached hydrogens (tertiary/aromatic N) is 3. The molecule has 1 amide bonds. The lowest BCUT2D eigenvalue weighted by Gasteiger charge is -2.17. The number of hydrogen-bond donors (Lipinski definition) is 0. The summed E-state index contributed by atoms with van der Waals surface area (Å²) < 4.78 is 0. The SMILES string of the molecule is CC(C)c1cncc(C(=O)N(C)CCc2ccccn2)c1. The van der Waals surface area contributed by atoms with Crippen molar-refractivity contribution < 1.29 is 4.79 Å². The zero-order chi connectivity index (χ0) is 15.2. The Morgan fingerprint density at radius 3 is 2.76 bits per heavy atom. The van der Waals surface area contributed by atoms with E-state index in [1.165, 1.54) is 0 Å².